The highest BCUT2D eigenvalue weighted by Gasteiger charge is 2.06. The second-order valence-corrected chi connectivity index (χ2v) is 3.16. The van der Waals surface area contributed by atoms with Crippen LogP contribution in [0.1, 0.15) is 11.5 Å². The largest absolute Gasteiger partial charge is 0.237 e. The zero-order chi connectivity index (χ0) is 8.43. The fourth-order valence-electron chi connectivity index (χ4n) is 0.741. The molecule has 4 nitrogen and oxygen atoms in total. The Hall–Kier alpha value is -0.590. The third kappa shape index (κ3) is 1.70. The molecular weight excluding hydrogens is 257 g/mol. The van der Waals surface area contributed by atoms with E-state index in [1.165, 1.54) is 0 Å². The van der Waals surface area contributed by atoms with Crippen LogP contribution in [0, 0.1) is 22.3 Å². The summed E-state index contributed by atoms with van der Waals surface area (Å²) in [6, 6.07) is 0. The highest BCUT2D eigenvalue weighted by atomic mass is 127. The number of halogens is 1. The van der Waals surface area contributed by atoms with Crippen molar-refractivity contribution >= 4 is 28.4 Å². The summed E-state index contributed by atoms with van der Waals surface area (Å²) in [6.07, 6.45) is 0. The average Bonchev–Trinajstić information content (AvgIpc) is 1.96. The molecule has 0 aromatic carbocycles. The second kappa shape index (κ2) is 3.21. The van der Waals surface area contributed by atoms with E-state index in [2.05, 4.69) is 15.1 Å². The molecule has 0 bridgehead atoms. The third-order valence-electron chi connectivity index (χ3n) is 1.20. The molecule has 0 atom stereocenters. The average molecular weight is 263 g/mol. The van der Waals surface area contributed by atoms with Crippen LogP contribution < -0.4 is 0 Å². The maximum absolute atomic E-state index is 10.2. The summed E-state index contributed by atoms with van der Waals surface area (Å²) in [7, 11) is 0. The van der Waals surface area contributed by atoms with Crippen molar-refractivity contribution in [1.82, 2.24) is 9.97 Å². The molecule has 1 rings (SSSR count). The Morgan fingerprint density at radius 3 is 2.55 bits per heavy atom. The predicted molar refractivity (Wildman–Crippen MR) is 49.7 cm³/mol. The number of hydrogen-bond donors (Lipinski definition) is 0. The van der Waals surface area contributed by atoms with E-state index >= 15 is 0 Å². The Labute approximate surface area is 77.6 Å². The van der Waals surface area contributed by atoms with Gasteiger partial charge in [-0.3, -0.25) is 0 Å². The van der Waals surface area contributed by atoms with Crippen molar-refractivity contribution in [2.75, 3.05) is 0 Å². The maximum Gasteiger partial charge on any atom is 0.213 e. The first kappa shape index (κ1) is 8.51. The van der Waals surface area contributed by atoms with Gasteiger partial charge < -0.3 is 0 Å². The van der Waals surface area contributed by atoms with Crippen LogP contribution in [-0.4, -0.2) is 9.97 Å². The highest BCUT2D eigenvalue weighted by Crippen LogP contribution is 2.20. The summed E-state index contributed by atoms with van der Waals surface area (Å²) in [5, 5.41) is 2.78. The molecule has 0 fully saturated rings. The number of nitroso groups, excluding NO2 is 1. The lowest BCUT2D eigenvalue weighted by atomic mass is 10.4. The molecule has 0 N–H and O–H groups in total. The van der Waals surface area contributed by atoms with Crippen molar-refractivity contribution in [1.29, 1.82) is 0 Å². The van der Waals surface area contributed by atoms with E-state index < -0.39 is 0 Å². The van der Waals surface area contributed by atoms with Gasteiger partial charge in [0, 0.05) is 0 Å². The molecule has 11 heavy (non-hydrogen) atoms. The van der Waals surface area contributed by atoms with E-state index in [0.717, 1.165) is 9.26 Å². The fraction of sp³-hybridized carbons (Fsp3) is 0.333. The standard InChI is InChI=1S/C6H6IN3O/c1-3-5(7)6(10-11)9-4(2)8-3/h1-2H3. The minimum Gasteiger partial charge on any atom is -0.237 e. The lowest BCUT2D eigenvalue weighted by Crippen LogP contribution is -1.94. The molecule has 0 unspecified atom stereocenters. The summed E-state index contributed by atoms with van der Waals surface area (Å²) in [5.74, 6) is 0.813. The van der Waals surface area contributed by atoms with Crippen LogP contribution in [0.4, 0.5) is 5.82 Å². The topological polar surface area (TPSA) is 55.2 Å². The van der Waals surface area contributed by atoms with Crippen molar-refractivity contribution in [3.8, 4) is 0 Å². The van der Waals surface area contributed by atoms with Crippen molar-refractivity contribution < 1.29 is 0 Å². The first-order valence-corrected chi connectivity index (χ1v) is 4.07. The van der Waals surface area contributed by atoms with Gasteiger partial charge >= 0.3 is 0 Å². The van der Waals surface area contributed by atoms with Crippen LogP contribution in [0.25, 0.3) is 0 Å². The lowest BCUT2D eigenvalue weighted by molar-refractivity contribution is 0.992. The molecule has 0 radical (unpaired) electrons. The van der Waals surface area contributed by atoms with E-state index in [4.69, 9.17) is 0 Å². The minimum atomic E-state index is 0.232. The van der Waals surface area contributed by atoms with Gasteiger partial charge in [0.1, 0.15) is 5.82 Å². The summed E-state index contributed by atoms with van der Waals surface area (Å²) in [6.45, 7) is 3.56. The molecule has 1 aromatic rings. The van der Waals surface area contributed by atoms with Crippen LogP contribution in [0.15, 0.2) is 5.18 Å². The molecular formula is C6H6IN3O. The summed E-state index contributed by atoms with van der Waals surface area (Å²) < 4.78 is 0.725. The van der Waals surface area contributed by atoms with Gasteiger partial charge in [-0.15, -0.1) is 4.91 Å². The Kier molecular flexibility index (Phi) is 2.48. The van der Waals surface area contributed by atoms with Crippen molar-refractivity contribution in [3.63, 3.8) is 0 Å². The third-order valence-corrected chi connectivity index (χ3v) is 2.46. The molecule has 0 spiro atoms. The van der Waals surface area contributed by atoms with Crippen LogP contribution in [0.3, 0.4) is 0 Å². The first-order chi connectivity index (χ1) is 5.15. The zero-order valence-electron chi connectivity index (χ0n) is 6.13. The Morgan fingerprint density at radius 2 is 2.00 bits per heavy atom. The molecule has 0 aliphatic carbocycles. The van der Waals surface area contributed by atoms with E-state index in [1.807, 2.05) is 29.5 Å². The molecule has 0 saturated carbocycles. The van der Waals surface area contributed by atoms with Crippen molar-refractivity contribution in [2.45, 2.75) is 13.8 Å². The van der Waals surface area contributed by atoms with Gasteiger partial charge in [-0.1, -0.05) is 0 Å². The number of hydrogen-bond acceptors (Lipinski definition) is 4. The smallest absolute Gasteiger partial charge is 0.213 e. The summed E-state index contributed by atoms with van der Waals surface area (Å²) in [5.41, 5.74) is 0.799. The van der Waals surface area contributed by atoms with Crippen molar-refractivity contribution in [2.24, 2.45) is 5.18 Å². The molecule has 0 aliphatic rings. The number of aromatic nitrogens is 2. The molecule has 1 heterocycles. The molecule has 58 valence electrons. The van der Waals surface area contributed by atoms with Gasteiger partial charge in [-0.2, -0.15) is 0 Å². The molecule has 0 aliphatic heterocycles. The molecule has 0 saturated heterocycles. The quantitative estimate of drug-likeness (QED) is 0.575. The maximum atomic E-state index is 10.2. The number of nitrogens with zero attached hydrogens (tertiary/aromatic N) is 3. The predicted octanol–water partition coefficient (Wildman–Crippen LogP) is 2.10. The van der Waals surface area contributed by atoms with Crippen LogP contribution in [-0.2, 0) is 0 Å². The Bertz CT molecular complexity index is 300. The van der Waals surface area contributed by atoms with Gasteiger partial charge in [0.2, 0.25) is 5.82 Å². The minimum absolute atomic E-state index is 0.232. The van der Waals surface area contributed by atoms with E-state index in [0.29, 0.717) is 5.82 Å². The molecule has 5 heteroatoms. The van der Waals surface area contributed by atoms with Crippen LogP contribution in [0.2, 0.25) is 0 Å². The van der Waals surface area contributed by atoms with E-state index in [-0.39, 0.29) is 5.82 Å². The van der Waals surface area contributed by atoms with E-state index in [1.54, 1.807) is 6.92 Å². The monoisotopic (exact) mass is 263 g/mol. The fourth-order valence-corrected chi connectivity index (χ4v) is 1.08. The van der Waals surface area contributed by atoms with Gasteiger partial charge in [-0.05, 0) is 41.6 Å². The van der Waals surface area contributed by atoms with Crippen LogP contribution >= 0.6 is 22.6 Å². The van der Waals surface area contributed by atoms with E-state index in [9.17, 15) is 4.91 Å². The van der Waals surface area contributed by atoms with Gasteiger partial charge in [0.15, 0.2) is 0 Å². The number of aryl methyl sites for hydroxylation is 2. The highest BCUT2D eigenvalue weighted by molar-refractivity contribution is 14.1. The Morgan fingerprint density at radius 1 is 1.36 bits per heavy atom. The zero-order valence-corrected chi connectivity index (χ0v) is 8.29. The Balaban J connectivity index is 3.35. The summed E-state index contributed by atoms with van der Waals surface area (Å²) in [4.78, 5) is 18.1. The van der Waals surface area contributed by atoms with Crippen LogP contribution in [0.5, 0.6) is 0 Å². The summed E-state index contributed by atoms with van der Waals surface area (Å²) >= 11 is 2.00. The normalized spacial score (nSPS) is 9.73. The first-order valence-electron chi connectivity index (χ1n) is 2.99. The second-order valence-electron chi connectivity index (χ2n) is 2.09. The number of rotatable bonds is 1. The molecule has 1 aromatic heterocycles. The van der Waals surface area contributed by atoms with Crippen molar-refractivity contribution in [3.05, 3.63) is 20.0 Å². The SMILES string of the molecule is Cc1nc(C)c(I)c(N=O)n1. The van der Waals surface area contributed by atoms with Gasteiger partial charge in [0.05, 0.1) is 9.26 Å². The van der Waals surface area contributed by atoms with Gasteiger partial charge in [0.25, 0.3) is 0 Å². The molecule has 0 amide bonds. The van der Waals surface area contributed by atoms with Gasteiger partial charge in [-0.25, -0.2) is 9.97 Å². The lowest BCUT2D eigenvalue weighted by Gasteiger charge is -1.98.